The largest absolute Gasteiger partial charge is 0.376 e. The van der Waals surface area contributed by atoms with E-state index in [0.717, 1.165) is 37.8 Å². The SMILES string of the molecule is CC(C)CNCc1cccc(N(C)CC2CCCO2)n1. The molecule has 1 aliphatic rings. The van der Waals surface area contributed by atoms with Crippen molar-refractivity contribution in [1.82, 2.24) is 10.3 Å². The molecule has 1 aliphatic heterocycles. The van der Waals surface area contributed by atoms with Crippen LogP contribution in [0.3, 0.4) is 0 Å². The molecule has 4 heteroatoms. The molecule has 1 aromatic heterocycles. The number of anilines is 1. The van der Waals surface area contributed by atoms with E-state index in [0.29, 0.717) is 12.0 Å². The van der Waals surface area contributed by atoms with Crippen molar-refractivity contribution in [3.8, 4) is 0 Å². The minimum absolute atomic E-state index is 0.365. The molecule has 1 atom stereocenters. The van der Waals surface area contributed by atoms with Crippen molar-refractivity contribution in [2.24, 2.45) is 5.92 Å². The molecule has 20 heavy (non-hydrogen) atoms. The lowest BCUT2D eigenvalue weighted by Gasteiger charge is -2.22. The summed E-state index contributed by atoms with van der Waals surface area (Å²) in [6.07, 6.45) is 2.72. The molecule has 112 valence electrons. The van der Waals surface area contributed by atoms with E-state index in [1.165, 1.54) is 12.8 Å². The Hall–Kier alpha value is -1.13. The highest BCUT2D eigenvalue weighted by Gasteiger charge is 2.18. The normalized spacial score (nSPS) is 18.7. The van der Waals surface area contributed by atoms with Gasteiger partial charge in [0.25, 0.3) is 0 Å². The van der Waals surface area contributed by atoms with Gasteiger partial charge in [-0.15, -0.1) is 0 Å². The van der Waals surface area contributed by atoms with Gasteiger partial charge in [-0.3, -0.25) is 0 Å². The Morgan fingerprint density at radius 3 is 3.00 bits per heavy atom. The molecule has 4 nitrogen and oxygen atoms in total. The Labute approximate surface area is 122 Å². The van der Waals surface area contributed by atoms with E-state index in [4.69, 9.17) is 9.72 Å². The van der Waals surface area contributed by atoms with E-state index < -0.39 is 0 Å². The fraction of sp³-hybridized carbons (Fsp3) is 0.688. The van der Waals surface area contributed by atoms with Crippen LogP contribution in [-0.4, -0.2) is 37.8 Å². The third-order valence-corrected chi connectivity index (χ3v) is 3.54. The van der Waals surface area contributed by atoms with Crippen molar-refractivity contribution in [3.63, 3.8) is 0 Å². The molecular weight excluding hydrogens is 250 g/mol. The van der Waals surface area contributed by atoms with Crippen molar-refractivity contribution in [3.05, 3.63) is 23.9 Å². The molecule has 2 heterocycles. The second kappa shape index (κ2) is 7.60. The van der Waals surface area contributed by atoms with Crippen LogP contribution in [0.15, 0.2) is 18.2 Å². The molecule has 0 spiro atoms. The van der Waals surface area contributed by atoms with Crippen LogP contribution in [-0.2, 0) is 11.3 Å². The lowest BCUT2D eigenvalue weighted by molar-refractivity contribution is 0.116. The number of nitrogens with one attached hydrogen (secondary N) is 1. The van der Waals surface area contributed by atoms with E-state index in [-0.39, 0.29) is 0 Å². The number of pyridine rings is 1. The fourth-order valence-electron chi connectivity index (χ4n) is 2.45. The van der Waals surface area contributed by atoms with Crippen LogP contribution in [0, 0.1) is 5.92 Å². The highest BCUT2D eigenvalue weighted by molar-refractivity contribution is 5.38. The smallest absolute Gasteiger partial charge is 0.128 e. The molecule has 1 unspecified atom stereocenters. The predicted molar refractivity (Wildman–Crippen MR) is 83.0 cm³/mol. The first-order valence-electron chi connectivity index (χ1n) is 7.64. The Balaban J connectivity index is 1.87. The van der Waals surface area contributed by atoms with E-state index in [1.807, 2.05) is 0 Å². The lowest BCUT2D eigenvalue weighted by atomic mass is 10.2. The zero-order valence-corrected chi connectivity index (χ0v) is 12.9. The average Bonchev–Trinajstić information content (AvgIpc) is 2.91. The Morgan fingerprint density at radius 2 is 2.30 bits per heavy atom. The van der Waals surface area contributed by atoms with Crippen LogP contribution in [0.4, 0.5) is 5.82 Å². The summed E-state index contributed by atoms with van der Waals surface area (Å²) in [5, 5.41) is 3.43. The molecule has 1 aromatic rings. The average molecular weight is 277 g/mol. The maximum atomic E-state index is 5.68. The second-order valence-electron chi connectivity index (χ2n) is 6.03. The van der Waals surface area contributed by atoms with Crippen LogP contribution in [0.25, 0.3) is 0 Å². The molecular formula is C16H27N3O. The van der Waals surface area contributed by atoms with Gasteiger partial charge in [0.2, 0.25) is 0 Å². The summed E-state index contributed by atoms with van der Waals surface area (Å²) in [5.41, 5.74) is 1.10. The summed E-state index contributed by atoms with van der Waals surface area (Å²) in [6.45, 7) is 8.12. The van der Waals surface area contributed by atoms with Crippen molar-refractivity contribution < 1.29 is 4.74 Å². The molecule has 0 saturated carbocycles. The summed E-state index contributed by atoms with van der Waals surface area (Å²) in [5.74, 6) is 1.70. The minimum atomic E-state index is 0.365. The molecule has 2 rings (SSSR count). The van der Waals surface area contributed by atoms with E-state index in [2.05, 4.69) is 49.3 Å². The number of likely N-dealkylation sites (N-methyl/N-ethyl adjacent to an activating group) is 1. The van der Waals surface area contributed by atoms with Crippen molar-refractivity contribution in [2.45, 2.75) is 39.3 Å². The van der Waals surface area contributed by atoms with E-state index in [1.54, 1.807) is 0 Å². The summed E-state index contributed by atoms with van der Waals surface area (Å²) in [7, 11) is 2.09. The zero-order chi connectivity index (χ0) is 14.4. The standard InChI is InChI=1S/C16H27N3O/c1-13(2)10-17-11-14-6-4-8-16(18-14)19(3)12-15-7-5-9-20-15/h4,6,8,13,15,17H,5,7,9-12H2,1-3H3. The topological polar surface area (TPSA) is 37.4 Å². The molecule has 1 N–H and O–H groups in total. The number of ether oxygens (including phenoxy) is 1. The van der Waals surface area contributed by atoms with Crippen molar-refractivity contribution >= 4 is 5.82 Å². The van der Waals surface area contributed by atoms with Gasteiger partial charge in [0, 0.05) is 26.7 Å². The zero-order valence-electron chi connectivity index (χ0n) is 12.9. The first kappa shape index (κ1) is 15.3. The number of aromatic nitrogens is 1. The second-order valence-corrected chi connectivity index (χ2v) is 6.03. The lowest BCUT2D eigenvalue weighted by Crippen LogP contribution is -2.29. The molecule has 0 aliphatic carbocycles. The third-order valence-electron chi connectivity index (χ3n) is 3.54. The van der Waals surface area contributed by atoms with Crippen LogP contribution < -0.4 is 10.2 Å². The molecule has 0 aromatic carbocycles. The molecule has 0 amide bonds. The maximum absolute atomic E-state index is 5.68. The van der Waals surface area contributed by atoms with Gasteiger partial charge >= 0.3 is 0 Å². The minimum Gasteiger partial charge on any atom is -0.376 e. The highest BCUT2D eigenvalue weighted by atomic mass is 16.5. The third kappa shape index (κ3) is 4.76. The number of hydrogen-bond donors (Lipinski definition) is 1. The molecule has 1 fully saturated rings. The molecule has 0 radical (unpaired) electrons. The summed E-state index contributed by atoms with van der Waals surface area (Å²) in [6, 6.07) is 6.23. The number of rotatable bonds is 7. The first-order chi connectivity index (χ1) is 9.65. The van der Waals surface area contributed by atoms with Gasteiger partial charge < -0.3 is 15.0 Å². The Bertz CT molecular complexity index is 402. The van der Waals surface area contributed by atoms with Gasteiger partial charge in [-0.25, -0.2) is 4.98 Å². The fourth-order valence-corrected chi connectivity index (χ4v) is 2.45. The Morgan fingerprint density at radius 1 is 1.45 bits per heavy atom. The summed E-state index contributed by atoms with van der Waals surface area (Å²) < 4.78 is 5.68. The van der Waals surface area contributed by atoms with E-state index in [9.17, 15) is 0 Å². The van der Waals surface area contributed by atoms with Crippen LogP contribution in [0.2, 0.25) is 0 Å². The quantitative estimate of drug-likeness (QED) is 0.830. The maximum Gasteiger partial charge on any atom is 0.128 e. The number of hydrogen-bond acceptors (Lipinski definition) is 4. The highest BCUT2D eigenvalue weighted by Crippen LogP contribution is 2.16. The van der Waals surface area contributed by atoms with Crippen LogP contribution >= 0.6 is 0 Å². The monoisotopic (exact) mass is 277 g/mol. The molecule has 1 saturated heterocycles. The van der Waals surface area contributed by atoms with Gasteiger partial charge in [0.05, 0.1) is 11.8 Å². The predicted octanol–water partition coefficient (Wildman–Crippen LogP) is 2.44. The van der Waals surface area contributed by atoms with Gasteiger partial charge in [0.15, 0.2) is 0 Å². The van der Waals surface area contributed by atoms with Gasteiger partial charge in [-0.05, 0) is 37.4 Å². The summed E-state index contributed by atoms with van der Waals surface area (Å²) >= 11 is 0. The van der Waals surface area contributed by atoms with Crippen LogP contribution in [0.1, 0.15) is 32.4 Å². The summed E-state index contributed by atoms with van der Waals surface area (Å²) in [4.78, 5) is 6.92. The van der Waals surface area contributed by atoms with Crippen LogP contribution in [0.5, 0.6) is 0 Å². The molecule has 0 bridgehead atoms. The number of nitrogens with zero attached hydrogens (tertiary/aromatic N) is 2. The van der Waals surface area contributed by atoms with Crippen molar-refractivity contribution in [1.29, 1.82) is 0 Å². The first-order valence-corrected chi connectivity index (χ1v) is 7.64. The van der Waals surface area contributed by atoms with E-state index >= 15 is 0 Å². The van der Waals surface area contributed by atoms with Gasteiger partial charge in [-0.2, -0.15) is 0 Å². The van der Waals surface area contributed by atoms with Crippen molar-refractivity contribution in [2.75, 3.05) is 31.6 Å². The van der Waals surface area contributed by atoms with Gasteiger partial charge in [0.1, 0.15) is 5.82 Å². The van der Waals surface area contributed by atoms with Gasteiger partial charge in [-0.1, -0.05) is 19.9 Å². The Kier molecular flexibility index (Phi) is 5.80.